The molecule has 3 heteroatoms. The lowest BCUT2D eigenvalue weighted by molar-refractivity contribution is -0.127. The standard InChI is InChI=1S/C17H26N2O/c1-14(15-8-4-2-5-9-15)10-13-19-16(20)17(18)11-6-3-7-12-17/h2,4-5,8-9,14H,3,6-7,10-13,18H2,1H3,(H,19,20). The fourth-order valence-electron chi connectivity index (χ4n) is 2.94. The highest BCUT2D eigenvalue weighted by Crippen LogP contribution is 2.26. The molecule has 0 radical (unpaired) electrons. The van der Waals surface area contributed by atoms with Crippen LogP contribution in [0.2, 0.25) is 0 Å². The Balaban J connectivity index is 1.76. The van der Waals surface area contributed by atoms with Crippen molar-refractivity contribution in [2.75, 3.05) is 6.54 Å². The van der Waals surface area contributed by atoms with Crippen molar-refractivity contribution < 1.29 is 4.79 Å². The number of carbonyl (C=O) groups is 1. The van der Waals surface area contributed by atoms with Crippen molar-refractivity contribution in [2.24, 2.45) is 5.73 Å². The summed E-state index contributed by atoms with van der Waals surface area (Å²) in [6, 6.07) is 10.4. The van der Waals surface area contributed by atoms with Crippen molar-refractivity contribution in [3.8, 4) is 0 Å². The van der Waals surface area contributed by atoms with Crippen LogP contribution in [0.1, 0.15) is 56.9 Å². The Hall–Kier alpha value is -1.35. The number of hydrogen-bond acceptors (Lipinski definition) is 2. The Labute approximate surface area is 121 Å². The smallest absolute Gasteiger partial charge is 0.240 e. The molecule has 3 nitrogen and oxygen atoms in total. The minimum absolute atomic E-state index is 0.0393. The molecule has 1 aromatic rings. The van der Waals surface area contributed by atoms with Gasteiger partial charge in [-0.25, -0.2) is 0 Å². The van der Waals surface area contributed by atoms with Crippen molar-refractivity contribution >= 4 is 5.91 Å². The maximum atomic E-state index is 12.2. The second-order valence-corrected chi connectivity index (χ2v) is 6.07. The molecule has 0 spiro atoms. The second-order valence-electron chi connectivity index (χ2n) is 6.07. The molecule has 3 N–H and O–H groups in total. The van der Waals surface area contributed by atoms with E-state index in [2.05, 4.69) is 36.5 Å². The molecule has 1 fully saturated rings. The van der Waals surface area contributed by atoms with Gasteiger partial charge in [0.05, 0.1) is 5.54 Å². The largest absolute Gasteiger partial charge is 0.354 e. The summed E-state index contributed by atoms with van der Waals surface area (Å²) in [7, 11) is 0. The van der Waals surface area contributed by atoms with E-state index in [9.17, 15) is 4.79 Å². The summed E-state index contributed by atoms with van der Waals surface area (Å²) in [6.45, 7) is 2.90. The third kappa shape index (κ3) is 3.83. The Kier molecular flexibility index (Phi) is 5.18. The molecule has 1 aliphatic carbocycles. The summed E-state index contributed by atoms with van der Waals surface area (Å²) in [6.07, 6.45) is 5.96. The summed E-state index contributed by atoms with van der Waals surface area (Å²) in [5, 5.41) is 3.03. The first-order valence-electron chi connectivity index (χ1n) is 7.74. The number of nitrogens with one attached hydrogen (secondary N) is 1. The van der Waals surface area contributed by atoms with Gasteiger partial charge in [-0.1, -0.05) is 56.5 Å². The number of nitrogens with two attached hydrogens (primary N) is 1. The van der Waals surface area contributed by atoms with E-state index in [1.54, 1.807) is 0 Å². The Morgan fingerprint density at radius 3 is 2.55 bits per heavy atom. The normalized spacial score (nSPS) is 19.3. The highest BCUT2D eigenvalue weighted by molar-refractivity contribution is 5.86. The van der Waals surface area contributed by atoms with Gasteiger partial charge in [-0.15, -0.1) is 0 Å². The minimum atomic E-state index is -0.617. The van der Waals surface area contributed by atoms with Crippen LogP contribution >= 0.6 is 0 Å². The molecule has 0 saturated heterocycles. The second kappa shape index (κ2) is 6.89. The van der Waals surface area contributed by atoms with Crippen LogP contribution in [0.15, 0.2) is 30.3 Å². The van der Waals surface area contributed by atoms with Crippen LogP contribution in [0.4, 0.5) is 0 Å². The van der Waals surface area contributed by atoms with E-state index in [1.165, 1.54) is 12.0 Å². The quantitative estimate of drug-likeness (QED) is 0.867. The average Bonchev–Trinajstić information content (AvgIpc) is 2.48. The summed E-state index contributed by atoms with van der Waals surface area (Å²) in [5.74, 6) is 0.494. The van der Waals surface area contributed by atoms with E-state index in [0.29, 0.717) is 12.5 Å². The lowest BCUT2D eigenvalue weighted by Gasteiger charge is -2.32. The zero-order valence-electron chi connectivity index (χ0n) is 12.4. The van der Waals surface area contributed by atoms with E-state index in [-0.39, 0.29) is 5.91 Å². The predicted molar refractivity (Wildman–Crippen MR) is 82.5 cm³/mol. The van der Waals surface area contributed by atoms with E-state index in [4.69, 9.17) is 5.73 Å². The van der Waals surface area contributed by atoms with Gasteiger partial charge in [0.2, 0.25) is 5.91 Å². The van der Waals surface area contributed by atoms with Crippen LogP contribution in [-0.2, 0) is 4.79 Å². The SMILES string of the molecule is CC(CCNC(=O)C1(N)CCCCC1)c1ccccc1. The number of hydrogen-bond donors (Lipinski definition) is 2. The molecular weight excluding hydrogens is 248 g/mol. The summed E-state index contributed by atoms with van der Waals surface area (Å²) < 4.78 is 0. The van der Waals surface area contributed by atoms with Gasteiger partial charge >= 0.3 is 0 Å². The number of benzene rings is 1. The topological polar surface area (TPSA) is 55.1 Å². The molecule has 1 unspecified atom stereocenters. The van der Waals surface area contributed by atoms with Crippen LogP contribution in [0.3, 0.4) is 0 Å². The molecular formula is C17H26N2O. The third-order valence-corrected chi connectivity index (χ3v) is 4.43. The van der Waals surface area contributed by atoms with Crippen molar-refractivity contribution in [1.29, 1.82) is 0 Å². The molecule has 0 heterocycles. The first kappa shape index (κ1) is 15.0. The Morgan fingerprint density at radius 2 is 1.90 bits per heavy atom. The zero-order valence-corrected chi connectivity index (χ0v) is 12.4. The highest BCUT2D eigenvalue weighted by atomic mass is 16.2. The highest BCUT2D eigenvalue weighted by Gasteiger charge is 2.34. The molecule has 1 aromatic carbocycles. The van der Waals surface area contributed by atoms with E-state index < -0.39 is 5.54 Å². The monoisotopic (exact) mass is 274 g/mol. The number of rotatable bonds is 5. The van der Waals surface area contributed by atoms with Gasteiger partial charge in [0.15, 0.2) is 0 Å². The molecule has 110 valence electrons. The molecule has 1 aliphatic rings. The zero-order chi connectivity index (χ0) is 14.4. The van der Waals surface area contributed by atoms with Gasteiger partial charge in [0, 0.05) is 6.54 Å². The first-order chi connectivity index (χ1) is 9.62. The number of carbonyl (C=O) groups excluding carboxylic acids is 1. The predicted octanol–water partition coefficient (Wildman–Crippen LogP) is 2.96. The molecule has 2 rings (SSSR count). The lowest BCUT2D eigenvalue weighted by Crippen LogP contribution is -2.55. The van der Waals surface area contributed by atoms with Gasteiger partial charge in [-0.2, -0.15) is 0 Å². The van der Waals surface area contributed by atoms with Crippen LogP contribution < -0.4 is 11.1 Å². The lowest BCUT2D eigenvalue weighted by atomic mass is 9.82. The van der Waals surface area contributed by atoms with E-state index in [1.807, 2.05) is 6.07 Å². The van der Waals surface area contributed by atoms with Crippen LogP contribution in [-0.4, -0.2) is 18.0 Å². The van der Waals surface area contributed by atoms with Gasteiger partial charge in [-0.05, 0) is 30.7 Å². The van der Waals surface area contributed by atoms with Gasteiger partial charge < -0.3 is 11.1 Å². The maximum Gasteiger partial charge on any atom is 0.240 e. The first-order valence-corrected chi connectivity index (χ1v) is 7.74. The fraction of sp³-hybridized carbons (Fsp3) is 0.588. The van der Waals surface area contributed by atoms with Crippen LogP contribution in [0.5, 0.6) is 0 Å². The van der Waals surface area contributed by atoms with Crippen LogP contribution in [0, 0.1) is 0 Å². The minimum Gasteiger partial charge on any atom is -0.354 e. The molecule has 0 aliphatic heterocycles. The fourth-order valence-corrected chi connectivity index (χ4v) is 2.94. The van der Waals surface area contributed by atoms with Crippen molar-refractivity contribution in [1.82, 2.24) is 5.32 Å². The summed E-state index contributed by atoms with van der Waals surface area (Å²) in [5.41, 5.74) is 6.92. The Morgan fingerprint density at radius 1 is 1.25 bits per heavy atom. The summed E-state index contributed by atoms with van der Waals surface area (Å²) in [4.78, 5) is 12.2. The molecule has 1 atom stereocenters. The van der Waals surface area contributed by atoms with Crippen LogP contribution in [0.25, 0.3) is 0 Å². The van der Waals surface area contributed by atoms with E-state index >= 15 is 0 Å². The van der Waals surface area contributed by atoms with Gasteiger partial charge in [0.1, 0.15) is 0 Å². The molecule has 20 heavy (non-hydrogen) atoms. The Bertz CT molecular complexity index is 424. The third-order valence-electron chi connectivity index (χ3n) is 4.43. The maximum absolute atomic E-state index is 12.2. The van der Waals surface area contributed by atoms with Crippen molar-refractivity contribution in [3.05, 3.63) is 35.9 Å². The van der Waals surface area contributed by atoms with Gasteiger partial charge in [-0.3, -0.25) is 4.79 Å². The molecule has 1 amide bonds. The molecule has 1 saturated carbocycles. The molecule has 0 aromatic heterocycles. The molecule has 0 bridgehead atoms. The van der Waals surface area contributed by atoms with Gasteiger partial charge in [0.25, 0.3) is 0 Å². The summed E-state index contributed by atoms with van der Waals surface area (Å²) >= 11 is 0. The van der Waals surface area contributed by atoms with E-state index in [0.717, 1.165) is 32.1 Å². The van der Waals surface area contributed by atoms with Crippen molar-refractivity contribution in [2.45, 2.75) is 56.9 Å². The number of amides is 1. The van der Waals surface area contributed by atoms with Crippen molar-refractivity contribution in [3.63, 3.8) is 0 Å². The average molecular weight is 274 g/mol.